The van der Waals surface area contributed by atoms with Crippen LogP contribution in [-0.4, -0.2) is 83.5 Å². The summed E-state index contributed by atoms with van der Waals surface area (Å²) in [6.45, 7) is 3.81. The van der Waals surface area contributed by atoms with Crippen LogP contribution in [0.15, 0.2) is 24.3 Å². The van der Waals surface area contributed by atoms with Crippen LogP contribution in [0.1, 0.15) is 31.2 Å². The third kappa shape index (κ3) is 6.34. The quantitative estimate of drug-likeness (QED) is 0.713. The molecule has 2 amide bonds. The molecule has 3 rings (SSSR count). The average molecular weight is 421 g/mol. The first-order valence-electron chi connectivity index (χ1n) is 10.5. The van der Waals surface area contributed by atoms with E-state index in [-0.39, 0.29) is 24.8 Å². The Labute approximate surface area is 175 Å². The molecule has 1 unspecified atom stereocenters. The first-order valence-corrected chi connectivity index (χ1v) is 10.5. The fourth-order valence-corrected chi connectivity index (χ4v) is 3.92. The number of aliphatic hydroxyl groups is 1. The summed E-state index contributed by atoms with van der Waals surface area (Å²) >= 11 is 0. The van der Waals surface area contributed by atoms with E-state index >= 15 is 0 Å². The number of benzene rings is 1. The number of carbonyl (C=O) groups is 2. The molecule has 0 saturated carbocycles. The molecule has 1 atom stereocenters. The van der Waals surface area contributed by atoms with Crippen molar-refractivity contribution in [1.82, 2.24) is 14.7 Å². The molecule has 1 aromatic carbocycles. The number of piperidine rings is 1. The molecule has 2 aliphatic rings. The van der Waals surface area contributed by atoms with Crippen molar-refractivity contribution in [2.75, 3.05) is 45.8 Å². The summed E-state index contributed by atoms with van der Waals surface area (Å²) in [6, 6.07) is 3.42. The van der Waals surface area contributed by atoms with Gasteiger partial charge in [-0.3, -0.25) is 9.59 Å². The molecule has 2 aliphatic heterocycles. The highest BCUT2D eigenvalue weighted by Gasteiger charge is 2.25. The molecule has 164 valence electrons. The Morgan fingerprint density at radius 2 is 1.80 bits per heavy atom. The van der Waals surface area contributed by atoms with Gasteiger partial charge in [-0.25, -0.2) is 8.78 Å². The van der Waals surface area contributed by atoms with Crippen LogP contribution >= 0.6 is 0 Å². The van der Waals surface area contributed by atoms with Crippen molar-refractivity contribution in [3.63, 3.8) is 0 Å². The minimum Gasteiger partial charge on any atom is -0.390 e. The minimum absolute atomic E-state index is 0.0763. The Kier molecular flexibility index (Phi) is 7.93. The van der Waals surface area contributed by atoms with Gasteiger partial charge in [-0.15, -0.1) is 0 Å². The molecular weight excluding hydrogens is 392 g/mol. The van der Waals surface area contributed by atoms with Crippen LogP contribution in [0.5, 0.6) is 0 Å². The van der Waals surface area contributed by atoms with Crippen molar-refractivity contribution < 1.29 is 23.5 Å². The Bertz CT molecular complexity index is 781. The number of β-amino-alcohol motifs (C(OH)–C–C–N with tert-alkyl or cyclic N) is 1. The number of carbonyl (C=O) groups excluding carboxylic acids is 2. The maximum Gasteiger partial charge on any atom is 0.246 e. The summed E-state index contributed by atoms with van der Waals surface area (Å²) < 4.78 is 26.3. The lowest BCUT2D eigenvalue weighted by molar-refractivity contribution is -0.131. The van der Waals surface area contributed by atoms with Gasteiger partial charge in [0.25, 0.3) is 0 Å². The summed E-state index contributed by atoms with van der Waals surface area (Å²) in [4.78, 5) is 30.3. The van der Waals surface area contributed by atoms with Crippen molar-refractivity contribution in [3.05, 3.63) is 41.5 Å². The fourth-order valence-electron chi connectivity index (χ4n) is 3.92. The standard InChI is InChI=1S/C22H29F2N3O3/c23-19-6-4-17(14-20(19)24)5-7-21(29)26-11-8-22(30)27(13-12-26)16-18(28)15-25-9-2-1-3-10-25/h4-7,14,18,28H,1-3,8-13,15-16H2. The highest BCUT2D eigenvalue weighted by atomic mass is 19.2. The molecule has 2 heterocycles. The molecule has 8 heteroatoms. The number of hydrogen-bond donors (Lipinski definition) is 1. The van der Waals surface area contributed by atoms with E-state index in [1.165, 1.54) is 24.6 Å². The lowest BCUT2D eigenvalue weighted by Gasteiger charge is -2.30. The van der Waals surface area contributed by atoms with Crippen LogP contribution in [0.2, 0.25) is 0 Å². The second-order valence-electron chi connectivity index (χ2n) is 7.94. The summed E-state index contributed by atoms with van der Waals surface area (Å²) in [7, 11) is 0. The van der Waals surface area contributed by atoms with Gasteiger partial charge < -0.3 is 19.8 Å². The van der Waals surface area contributed by atoms with Crippen LogP contribution in [0.3, 0.4) is 0 Å². The molecule has 0 bridgehead atoms. The van der Waals surface area contributed by atoms with E-state index in [9.17, 15) is 23.5 Å². The summed E-state index contributed by atoms with van der Waals surface area (Å²) in [5.74, 6) is -2.27. The Morgan fingerprint density at radius 3 is 2.53 bits per heavy atom. The van der Waals surface area contributed by atoms with Crippen LogP contribution in [-0.2, 0) is 9.59 Å². The number of nitrogens with zero attached hydrogens (tertiary/aromatic N) is 3. The second kappa shape index (κ2) is 10.6. The van der Waals surface area contributed by atoms with Crippen LogP contribution in [0.4, 0.5) is 8.78 Å². The highest BCUT2D eigenvalue weighted by molar-refractivity contribution is 5.92. The molecule has 2 saturated heterocycles. The normalized spacial score (nSPS) is 19.9. The largest absolute Gasteiger partial charge is 0.390 e. The average Bonchev–Trinajstić information content (AvgIpc) is 2.91. The third-order valence-corrected chi connectivity index (χ3v) is 5.61. The molecule has 2 fully saturated rings. The molecule has 1 N–H and O–H groups in total. The smallest absolute Gasteiger partial charge is 0.246 e. The van der Waals surface area contributed by atoms with Gasteiger partial charge >= 0.3 is 0 Å². The summed E-state index contributed by atoms with van der Waals surface area (Å²) in [5.41, 5.74) is 0.385. The Hall–Kier alpha value is -2.32. The monoisotopic (exact) mass is 421 g/mol. The van der Waals surface area contributed by atoms with Gasteiger partial charge in [0.1, 0.15) is 0 Å². The maximum absolute atomic E-state index is 13.3. The van der Waals surface area contributed by atoms with Gasteiger partial charge in [-0.1, -0.05) is 12.5 Å². The van der Waals surface area contributed by atoms with Crippen molar-refractivity contribution >= 4 is 17.9 Å². The van der Waals surface area contributed by atoms with Crippen LogP contribution < -0.4 is 0 Å². The van der Waals surface area contributed by atoms with E-state index in [0.717, 1.165) is 38.1 Å². The molecule has 30 heavy (non-hydrogen) atoms. The van der Waals surface area contributed by atoms with E-state index in [2.05, 4.69) is 4.90 Å². The number of halogens is 2. The predicted octanol–water partition coefficient (Wildman–Crippen LogP) is 1.89. The summed E-state index contributed by atoms with van der Waals surface area (Å²) in [6.07, 6.45) is 5.83. The van der Waals surface area contributed by atoms with Gasteiger partial charge in [0.05, 0.1) is 6.10 Å². The molecule has 0 aliphatic carbocycles. The number of likely N-dealkylation sites (tertiary alicyclic amines) is 1. The second-order valence-corrected chi connectivity index (χ2v) is 7.94. The minimum atomic E-state index is -0.969. The van der Waals surface area contributed by atoms with Gasteiger partial charge in [-0.2, -0.15) is 0 Å². The summed E-state index contributed by atoms with van der Waals surface area (Å²) in [5, 5.41) is 10.4. The van der Waals surface area contributed by atoms with Crippen LogP contribution in [0, 0.1) is 11.6 Å². The third-order valence-electron chi connectivity index (χ3n) is 5.61. The topological polar surface area (TPSA) is 64.1 Å². The van der Waals surface area contributed by atoms with Crippen molar-refractivity contribution in [2.45, 2.75) is 31.8 Å². The predicted molar refractivity (Wildman–Crippen MR) is 109 cm³/mol. The zero-order valence-electron chi connectivity index (χ0n) is 17.1. The zero-order valence-corrected chi connectivity index (χ0v) is 17.1. The van der Waals surface area contributed by atoms with Crippen molar-refractivity contribution in [2.24, 2.45) is 0 Å². The van der Waals surface area contributed by atoms with E-state index in [1.54, 1.807) is 9.80 Å². The first-order chi connectivity index (χ1) is 14.4. The van der Waals surface area contributed by atoms with Gasteiger partial charge in [0.2, 0.25) is 11.8 Å². The van der Waals surface area contributed by atoms with Crippen molar-refractivity contribution in [1.29, 1.82) is 0 Å². The number of hydrogen-bond acceptors (Lipinski definition) is 4. The number of aliphatic hydroxyl groups excluding tert-OH is 1. The molecule has 0 radical (unpaired) electrons. The van der Waals surface area contributed by atoms with Crippen LogP contribution in [0.25, 0.3) is 6.08 Å². The van der Waals surface area contributed by atoms with Gasteiger partial charge in [0, 0.05) is 45.2 Å². The zero-order chi connectivity index (χ0) is 21.5. The fraction of sp³-hybridized carbons (Fsp3) is 0.545. The van der Waals surface area contributed by atoms with E-state index in [1.807, 2.05) is 0 Å². The molecular formula is C22H29F2N3O3. The lowest BCUT2D eigenvalue weighted by Crippen LogP contribution is -2.44. The Balaban J connectivity index is 1.50. The molecule has 0 spiro atoms. The van der Waals surface area contributed by atoms with E-state index < -0.39 is 17.7 Å². The lowest BCUT2D eigenvalue weighted by atomic mass is 10.1. The Morgan fingerprint density at radius 1 is 1.03 bits per heavy atom. The molecule has 1 aromatic rings. The molecule has 6 nitrogen and oxygen atoms in total. The number of amides is 2. The van der Waals surface area contributed by atoms with E-state index in [0.29, 0.717) is 31.7 Å². The highest BCUT2D eigenvalue weighted by Crippen LogP contribution is 2.13. The van der Waals surface area contributed by atoms with Gasteiger partial charge in [-0.05, 0) is 49.7 Å². The van der Waals surface area contributed by atoms with Gasteiger partial charge in [0.15, 0.2) is 11.6 Å². The first kappa shape index (κ1) is 22.4. The molecule has 0 aromatic heterocycles. The maximum atomic E-state index is 13.3. The number of rotatable bonds is 6. The van der Waals surface area contributed by atoms with E-state index in [4.69, 9.17) is 0 Å². The van der Waals surface area contributed by atoms with Crippen molar-refractivity contribution in [3.8, 4) is 0 Å². The SMILES string of the molecule is O=C(C=Cc1ccc(F)c(F)c1)N1CCC(=O)N(CC(O)CN2CCCCC2)CC1.